The number of benzene rings is 2. The molecule has 5 atom stereocenters. The van der Waals surface area contributed by atoms with E-state index in [0.717, 1.165) is 31.2 Å². The number of methoxy groups -OCH3 is 1. The van der Waals surface area contributed by atoms with Crippen molar-refractivity contribution < 1.29 is 23.9 Å². The fraction of sp³-hybridized carbons (Fsp3) is 0.433. The number of hydrogen-bond donors (Lipinski definition) is 2. The molecular weight excluding hydrogens is 482 g/mol. The molecule has 0 aromatic heterocycles. The highest BCUT2D eigenvalue weighted by atomic mass is 16.5. The molecule has 2 aromatic rings. The van der Waals surface area contributed by atoms with Gasteiger partial charge >= 0.3 is 0 Å². The first-order chi connectivity index (χ1) is 18.5. The Morgan fingerprint density at radius 1 is 1.03 bits per heavy atom. The van der Waals surface area contributed by atoms with Gasteiger partial charge in [-0.3, -0.25) is 14.4 Å². The topological polar surface area (TPSA) is 97.0 Å². The number of carbonyl (C=O) groups excluding carboxylic acids is 3. The third kappa shape index (κ3) is 4.17. The summed E-state index contributed by atoms with van der Waals surface area (Å²) in [4.78, 5) is 43.1. The van der Waals surface area contributed by atoms with Crippen LogP contribution in [0.3, 0.4) is 0 Å². The molecule has 1 spiro atoms. The lowest BCUT2D eigenvalue weighted by molar-refractivity contribution is -0.142. The second kappa shape index (κ2) is 9.91. The number of amides is 3. The van der Waals surface area contributed by atoms with Gasteiger partial charge in [-0.05, 0) is 42.7 Å². The lowest BCUT2D eigenvalue weighted by atomic mass is 9.74. The average molecular weight is 516 g/mol. The van der Waals surface area contributed by atoms with E-state index in [4.69, 9.17) is 9.47 Å². The first-order valence-corrected chi connectivity index (χ1v) is 13.5. The molecule has 198 valence electrons. The molecule has 2 bridgehead atoms. The number of carbonyl (C=O) groups is 3. The van der Waals surface area contributed by atoms with Gasteiger partial charge in [0.15, 0.2) is 0 Å². The summed E-state index contributed by atoms with van der Waals surface area (Å²) in [6, 6.07) is 15.9. The van der Waals surface area contributed by atoms with Gasteiger partial charge in [-0.15, -0.1) is 0 Å². The highest BCUT2D eigenvalue weighted by Gasteiger charge is 2.72. The molecule has 3 heterocycles. The zero-order valence-corrected chi connectivity index (χ0v) is 21.5. The van der Waals surface area contributed by atoms with E-state index < -0.39 is 29.6 Å². The van der Waals surface area contributed by atoms with Gasteiger partial charge in [-0.25, -0.2) is 0 Å². The molecule has 8 heteroatoms. The molecule has 2 aromatic carbocycles. The molecule has 1 saturated carbocycles. The van der Waals surface area contributed by atoms with Crippen LogP contribution in [-0.2, 0) is 25.7 Å². The van der Waals surface area contributed by atoms with Crippen molar-refractivity contribution in [3.05, 3.63) is 72.3 Å². The summed E-state index contributed by atoms with van der Waals surface area (Å²) >= 11 is 0. The first kappa shape index (κ1) is 24.7. The minimum Gasteiger partial charge on any atom is -0.497 e. The summed E-state index contributed by atoms with van der Waals surface area (Å²) in [5.41, 5.74) is 0.359. The number of likely N-dealkylation sites (tertiary alicyclic amines) is 1. The highest BCUT2D eigenvalue weighted by Crippen LogP contribution is 2.55. The van der Waals surface area contributed by atoms with Gasteiger partial charge in [-0.1, -0.05) is 61.7 Å². The van der Waals surface area contributed by atoms with Gasteiger partial charge in [0, 0.05) is 18.3 Å². The lowest BCUT2D eigenvalue weighted by Gasteiger charge is -2.34. The monoisotopic (exact) mass is 515 g/mol. The number of nitrogens with zero attached hydrogens (tertiary/aromatic N) is 1. The number of hydrogen-bond acceptors (Lipinski definition) is 5. The fourth-order valence-electron chi connectivity index (χ4n) is 6.64. The van der Waals surface area contributed by atoms with Crippen molar-refractivity contribution in [1.29, 1.82) is 0 Å². The minimum atomic E-state index is -1.17. The Bertz CT molecular complexity index is 1240. The number of nitrogens with one attached hydrogen (secondary N) is 2. The highest BCUT2D eigenvalue weighted by molar-refractivity contribution is 6.02. The van der Waals surface area contributed by atoms with Gasteiger partial charge in [0.25, 0.3) is 0 Å². The quantitative estimate of drug-likeness (QED) is 0.551. The Morgan fingerprint density at radius 2 is 1.76 bits per heavy atom. The van der Waals surface area contributed by atoms with Crippen LogP contribution in [0.1, 0.15) is 37.7 Å². The normalized spacial score (nSPS) is 29.8. The largest absolute Gasteiger partial charge is 0.497 e. The molecule has 3 aliphatic heterocycles. The molecule has 2 N–H and O–H groups in total. The number of rotatable bonds is 7. The van der Waals surface area contributed by atoms with Gasteiger partial charge in [0.2, 0.25) is 17.7 Å². The standard InChI is InChI=1S/C30H33N3O5/c1-37-22-14-12-21(13-15-22)31-27(34)24-23-16-17-30(38-23)25(24)29(36)33(18-19-8-4-2-5-9-19)26(30)28(35)32-20-10-6-3-7-11-20/h2,4-5,8-9,12-17,20,23-26H,3,6-7,10-11,18H2,1H3,(H,31,34)(H,32,35)/t23-,24-,25-,26-,30-/m0/s1. The third-order valence-corrected chi connectivity index (χ3v) is 8.43. The third-order valence-electron chi connectivity index (χ3n) is 8.43. The maximum Gasteiger partial charge on any atom is 0.246 e. The zero-order valence-electron chi connectivity index (χ0n) is 21.5. The molecule has 2 saturated heterocycles. The van der Waals surface area contributed by atoms with Gasteiger partial charge in [0.05, 0.1) is 25.0 Å². The summed E-state index contributed by atoms with van der Waals surface area (Å²) in [6.45, 7) is 0.273. The average Bonchev–Trinajstić information content (AvgIpc) is 3.58. The Balaban J connectivity index is 1.30. The van der Waals surface area contributed by atoms with Gasteiger partial charge in [-0.2, -0.15) is 0 Å². The van der Waals surface area contributed by atoms with E-state index in [2.05, 4.69) is 10.6 Å². The van der Waals surface area contributed by atoms with Crippen molar-refractivity contribution in [2.45, 2.75) is 62.4 Å². The van der Waals surface area contributed by atoms with E-state index in [1.54, 1.807) is 36.3 Å². The van der Waals surface area contributed by atoms with Crippen LogP contribution < -0.4 is 15.4 Å². The SMILES string of the molecule is COc1ccc(NC(=O)[C@H]2[C@@H]3C=C[C@]4(O3)[C@@H]2C(=O)N(Cc2ccccc2)[C@H]4C(=O)NC2CCCCC2)cc1. The second-order valence-corrected chi connectivity index (χ2v) is 10.7. The maximum atomic E-state index is 14.1. The van der Waals surface area contributed by atoms with E-state index in [1.807, 2.05) is 42.5 Å². The van der Waals surface area contributed by atoms with E-state index in [9.17, 15) is 14.4 Å². The van der Waals surface area contributed by atoms with Gasteiger partial charge in [0.1, 0.15) is 17.4 Å². The van der Waals surface area contributed by atoms with Gasteiger partial charge < -0.3 is 25.0 Å². The number of fused-ring (bicyclic) bond motifs is 1. The van der Waals surface area contributed by atoms with Crippen LogP contribution in [0.15, 0.2) is 66.7 Å². The van der Waals surface area contributed by atoms with Crippen molar-refractivity contribution >= 4 is 23.4 Å². The molecule has 6 rings (SSSR count). The predicted molar refractivity (Wildman–Crippen MR) is 141 cm³/mol. The van der Waals surface area contributed by atoms with Crippen LogP contribution >= 0.6 is 0 Å². The smallest absolute Gasteiger partial charge is 0.246 e. The van der Waals surface area contributed by atoms with Crippen molar-refractivity contribution in [1.82, 2.24) is 10.2 Å². The molecule has 4 aliphatic rings. The van der Waals surface area contributed by atoms with Crippen LogP contribution in [0.4, 0.5) is 5.69 Å². The van der Waals surface area contributed by atoms with Crippen molar-refractivity contribution in [2.24, 2.45) is 11.8 Å². The van der Waals surface area contributed by atoms with Crippen LogP contribution in [0, 0.1) is 11.8 Å². The Labute approximate surface area is 222 Å². The molecule has 0 radical (unpaired) electrons. The Hall–Kier alpha value is -3.65. The Morgan fingerprint density at radius 3 is 2.47 bits per heavy atom. The molecular formula is C30H33N3O5. The van der Waals surface area contributed by atoms with Crippen LogP contribution in [0.25, 0.3) is 0 Å². The maximum absolute atomic E-state index is 14.1. The molecule has 38 heavy (non-hydrogen) atoms. The lowest BCUT2D eigenvalue weighted by Crippen LogP contribution is -2.56. The van der Waals surface area contributed by atoms with E-state index in [1.165, 1.54) is 6.42 Å². The van der Waals surface area contributed by atoms with Crippen molar-refractivity contribution in [2.75, 3.05) is 12.4 Å². The molecule has 3 fully saturated rings. The van der Waals surface area contributed by atoms with Crippen molar-refractivity contribution in [3.63, 3.8) is 0 Å². The predicted octanol–water partition coefficient (Wildman–Crippen LogP) is 3.43. The minimum absolute atomic E-state index is 0.0946. The summed E-state index contributed by atoms with van der Waals surface area (Å²) in [5.74, 6) is -1.55. The zero-order chi connectivity index (χ0) is 26.3. The van der Waals surface area contributed by atoms with Crippen LogP contribution in [0.5, 0.6) is 5.75 Å². The number of ether oxygens (including phenoxy) is 2. The molecule has 1 aliphatic carbocycles. The first-order valence-electron chi connectivity index (χ1n) is 13.5. The molecule has 3 amide bonds. The Kier molecular flexibility index (Phi) is 6.43. The second-order valence-electron chi connectivity index (χ2n) is 10.7. The molecule has 0 unspecified atom stereocenters. The summed E-state index contributed by atoms with van der Waals surface area (Å²) in [5, 5.41) is 6.17. The van der Waals surface area contributed by atoms with E-state index >= 15 is 0 Å². The van der Waals surface area contributed by atoms with E-state index in [0.29, 0.717) is 11.4 Å². The summed E-state index contributed by atoms with van der Waals surface area (Å²) < 4.78 is 11.6. The van der Waals surface area contributed by atoms with Crippen LogP contribution in [0.2, 0.25) is 0 Å². The molecule has 8 nitrogen and oxygen atoms in total. The summed E-state index contributed by atoms with van der Waals surface area (Å²) in [7, 11) is 1.58. The summed E-state index contributed by atoms with van der Waals surface area (Å²) in [6.07, 6.45) is 8.36. The number of anilines is 1. The van der Waals surface area contributed by atoms with Crippen LogP contribution in [-0.4, -0.2) is 53.5 Å². The van der Waals surface area contributed by atoms with E-state index in [-0.39, 0.29) is 30.3 Å². The fourth-order valence-corrected chi connectivity index (χ4v) is 6.64. The van der Waals surface area contributed by atoms with Crippen molar-refractivity contribution in [3.8, 4) is 5.75 Å².